The summed E-state index contributed by atoms with van der Waals surface area (Å²) in [5.74, 6) is -1.16. The van der Waals surface area contributed by atoms with Crippen LogP contribution >= 0.6 is 27.7 Å². The number of carbonyl (C=O) groups is 1. The maximum absolute atomic E-state index is 12.6. The summed E-state index contributed by atoms with van der Waals surface area (Å²) in [5.41, 5.74) is -0.872. The first-order valence-corrected chi connectivity index (χ1v) is 7.12. The molecule has 0 spiro atoms. The van der Waals surface area contributed by atoms with Gasteiger partial charge in [0.2, 0.25) is 0 Å². The summed E-state index contributed by atoms with van der Waals surface area (Å²) < 4.78 is 38.0. The molecule has 0 amide bonds. The van der Waals surface area contributed by atoms with Crippen molar-refractivity contribution >= 4 is 33.7 Å². The molecule has 0 aliphatic rings. The third-order valence-corrected chi connectivity index (χ3v) is 4.42. The average molecular weight is 378 g/mol. The molecule has 1 heterocycles. The number of halogens is 4. The number of alkyl halides is 3. The van der Waals surface area contributed by atoms with E-state index < -0.39 is 17.7 Å². The predicted molar refractivity (Wildman–Crippen MR) is 74.5 cm³/mol. The minimum atomic E-state index is -4.40. The van der Waals surface area contributed by atoms with Crippen molar-refractivity contribution in [2.45, 2.75) is 16.0 Å². The number of nitrogens with zero attached hydrogens (tertiary/aromatic N) is 1. The molecule has 0 saturated heterocycles. The molecule has 0 bridgehead atoms. The van der Waals surface area contributed by atoms with Gasteiger partial charge in [-0.1, -0.05) is 11.8 Å². The lowest BCUT2D eigenvalue weighted by Crippen LogP contribution is -2.04. The number of carboxylic acids is 1. The van der Waals surface area contributed by atoms with E-state index in [2.05, 4.69) is 20.9 Å². The van der Waals surface area contributed by atoms with E-state index in [1.54, 1.807) is 6.07 Å². The highest BCUT2D eigenvalue weighted by Gasteiger charge is 2.30. The lowest BCUT2D eigenvalue weighted by Gasteiger charge is -2.10. The van der Waals surface area contributed by atoms with Gasteiger partial charge in [0.1, 0.15) is 5.69 Å². The molecule has 2 aromatic rings. The lowest BCUT2D eigenvalue weighted by atomic mass is 10.2. The van der Waals surface area contributed by atoms with Gasteiger partial charge in [-0.2, -0.15) is 13.2 Å². The van der Waals surface area contributed by atoms with E-state index in [0.29, 0.717) is 9.79 Å². The van der Waals surface area contributed by atoms with Gasteiger partial charge in [0.25, 0.3) is 0 Å². The Kier molecular flexibility index (Phi) is 4.58. The number of hydrogen-bond donors (Lipinski definition) is 1. The Hall–Kier alpha value is -1.54. The standard InChI is InChI=1S/C13H7BrF3NO2S/c14-9-5-7(13(15,16)17)1-2-11(9)21-8-3-4-18-10(6-8)12(19)20/h1-6H,(H,19,20). The smallest absolute Gasteiger partial charge is 0.416 e. The van der Waals surface area contributed by atoms with Gasteiger partial charge in [0.15, 0.2) is 0 Å². The highest BCUT2D eigenvalue weighted by Crippen LogP contribution is 2.38. The van der Waals surface area contributed by atoms with Crippen molar-refractivity contribution in [2.75, 3.05) is 0 Å². The fourth-order valence-electron chi connectivity index (χ4n) is 1.48. The van der Waals surface area contributed by atoms with E-state index in [9.17, 15) is 18.0 Å². The zero-order valence-corrected chi connectivity index (χ0v) is 12.6. The third kappa shape index (κ3) is 3.98. The van der Waals surface area contributed by atoms with Crippen molar-refractivity contribution in [3.63, 3.8) is 0 Å². The van der Waals surface area contributed by atoms with Gasteiger partial charge < -0.3 is 5.11 Å². The van der Waals surface area contributed by atoms with Crippen molar-refractivity contribution < 1.29 is 23.1 Å². The van der Waals surface area contributed by atoms with Crippen molar-refractivity contribution in [3.05, 3.63) is 52.3 Å². The average Bonchev–Trinajstić information content (AvgIpc) is 2.40. The van der Waals surface area contributed by atoms with Crippen molar-refractivity contribution in [2.24, 2.45) is 0 Å². The highest BCUT2D eigenvalue weighted by atomic mass is 79.9. The van der Waals surface area contributed by atoms with Crippen LogP contribution in [0.2, 0.25) is 0 Å². The molecule has 110 valence electrons. The highest BCUT2D eigenvalue weighted by molar-refractivity contribution is 9.10. The lowest BCUT2D eigenvalue weighted by molar-refractivity contribution is -0.137. The molecule has 0 fully saturated rings. The van der Waals surface area contributed by atoms with Gasteiger partial charge >= 0.3 is 12.1 Å². The predicted octanol–water partition coefficient (Wildman–Crippen LogP) is 4.71. The van der Waals surface area contributed by atoms with Crippen molar-refractivity contribution in [3.8, 4) is 0 Å². The maximum Gasteiger partial charge on any atom is 0.416 e. The van der Waals surface area contributed by atoms with Crippen molar-refractivity contribution in [1.29, 1.82) is 0 Å². The third-order valence-electron chi connectivity index (χ3n) is 2.44. The number of carboxylic acid groups (broad SMARTS) is 1. The van der Waals surface area contributed by atoms with Crippen LogP contribution in [0.3, 0.4) is 0 Å². The number of benzene rings is 1. The zero-order chi connectivity index (χ0) is 15.6. The van der Waals surface area contributed by atoms with Gasteiger partial charge in [-0.05, 0) is 46.3 Å². The molecule has 0 aliphatic carbocycles. The number of hydrogen-bond acceptors (Lipinski definition) is 3. The molecule has 1 aromatic heterocycles. The molecule has 21 heavy (non-hydrogen) atoms. The fourth-order valence-corrected chi connectivity index (χ4v) is 2.95. The van der Waals surface area contributed by atoms with Gasteiger partial charge in [0.05, 0.1) is 5.56 Å². The summed E-state index contributed by atoms with van der Waals surface area (Å²) in [6.45, 7) is 0. The SMILES string of the molecule is O=C(O)c1cc(Sc2ccc(C(F)(F)F)cc2Br)ccn1. The second-order valence-corrected chi connectivity index (χ2v) is 5.90. The van der Waals surface area contributed by atoms with Gasteiger partial charge in [-0.3, -0.25) is 0 Å². The van der Waals surface area contributed by atoms with Crippen LogP contribution in [-0.4, -0.2) is 16.1 Å². The zero-order valence-electron chi connectivity index (χ0n) is 10.2. The second kappa shape index (κ2) is 6.07. The molecule has 3 nitrogen and oxygen atoms in total. The van der Waals surface area contributed by atoms with Crippen LogP contribution in [0, 0.1) is 0 Å². The number of rotatable bonds is 3. The molecule has 0 atom stereocenters. The minimum absolute atomic E-state index is 0.122. The number of aromatic carboxylic acids is 1. The molecule has 1 N–H and O–H groups in total. The van der Waals surface area contributed by atoms with E-state index in [0.717, 1.165) is 23.9 Å². The summed E-state index contributed by atoms with van der Waals surface area (Å²) in [6, 6.07) is 6.24. The van der Waals surface area contributed by atoms with Crippen molar-refractivity contribution in [1.82, 2.24) is 4.98 Å². The molecular weight excluding hydrogens is 371 g/mol. The number of pyridine rings is 1. The van der Waals surface area contributed by atoms with E-state index in [1.807, 2.05) is 0 Å². The van der Waals surface area contributed by atoms with Gasteiger partial charge in [0, 0.05) is 20.5 Å². The molecule has 8 heteroatoms. The first kappa shape index (κ1) is 15.8. The molecule has 1 aromatic carbocycles. The topological polar surface area (TPSA) is 50.2 Å². The van der Waals surface area contributed by atoms with Gasteiger partial charge in [-0.25, -0.2) is 9.78 Å². The molecule has 0 unspecified atom stereocenters. The summed E-state index contributed by atoms with van der Waals surface area (Å²) in [6.07, 6.45) is -3.07. The molecule has 0 saturated carbocycles. The Balaban J connectivity index is 2.28. The molecule has 0 aliphatic heterocycles. The Morgan fingerprint density at radius 2 is 1.95 bits per heavy atom. The maximum atomic E-state index is 12.6. The first-order valence-electron chi connectivity index (χ1n) is 5.51. The summed E-state index contributed by atoms with van der Waals surface area (Å²) >= 11 is 4.24. The summed E-state index contributed by atoms with van der Waals surface area (Å²) in [5, 5.41) is 8.85. The van der Waals surface area contributed by atoms with Crippen LogP contribution in [0.5, 0.6) is 0 Å². The Labute approximate surface area is 130 Å². The molecule has 2 rings (SSSR count). The molecular formula is C13H7BrF3NO2S. The summed E-state index contributed by atoms with van der Waals surface area (Å²) in [4.78, 5) is 15.6. The number of aromatic nitrogens is 1. The van der Waals surface area contributed by atoms with E-state index in [1.165, 1.54) is 18.3 Å². The first-order chi connectivity index (χ1) is 9.77. The fraction of sp³-hybridized carbons (Fsp3) is 0.0769. The van der Waals surface area contributed by atoms with E-state index in [-0.39, 0.29) is 10.2 Å². The quantitative estimate of drug-likeness (QED) is 0.841. The summed E-state index contributed by atoms with van der Waals surface area (Å²) in [7, 11) is 0. The normalized spacial score (nSPS) is 11.4. The Morgan fingerprint density at radius 1 is 1.24 bits per heavy atom. The van der Waals surface area contributed by atoms with Crippen LogP contribution in [-0.2, 0) is 6.18 Å². The van der Waals surface area contributed by atoms with Crippen LogP contribution in [0.25, 0.3) is 0 Å². The largest absolute Gasteiger partial charge is 0.477 e. The minimum Gasteiger partial charge on any atom is -0.477 e. The van der Waals surface area contributed by atoms with Crippen LogP contribution in [0.15, 0.2) is 50.8 Å². The van der Waals surface area contributed by atoms with Crippen LogP contribution in [0.1, 0.15) is 16.1 Å². The van der Waals surface area contributed by atoms with Crippen LogP contribution < -0.4 is 0 Å². The van der Waals surface area contributed by atoms with E-state index >= 15 is 0 Å². The monoisotopic (exact) mass is 377 g/mol. The second-order valence-electron chi connectivity index (χ2n) is 3.93. The Bertz CT molecular complexity index is 691. The van der Waals surface area contributed by atoms with Gasteiger partial charge in [-0.15, -0.1) is 0 Å². The Morgan fingerprint density at radius 3 is 2.52 bits per heavy atom. The molecule has 0 radical (unpaired) electrons. The van der Waals surface area contributed by atoms with Crippen LogP contribution in [0.4, 0.5) is 13.2 Å². The van der Waals surface area contributed by atoms with E-state index in [4.69, 9.17) is 5.11 Å².